The topological polar surface area (TPSA) is 61.4 Å². The summed E-state index contributed by atoms with van der Waals surface area (Å²) in [6.07, 6.45) is 0.0608. The molecule has 0 unspecified atom stereocenters. The molecule has 0 aliphatic rings. The Labute approximate surface area is 130 Å². The van der Waals surface area contributed by atoms with Gasteiger partial charge < -0.3 is 15.5 Å². The zero-order valence-electron chi connectivity index (χ0n) is 12.2. The van der Waals surface area contributed by atoms with Crippen molar-refractivity contribution < 1.29 is 14.0 Å². The smallest absolute Gasteiger partial charge is 0.241 e. The molecule has 0 atom stereocenters. The molecule has 2 N–H and O–H groups in total. The van der Waals surface area contributed by atoms with Gasteiger partial charge in [0.05, 0.1) is 13.0 Å². The minimum Gasteiger partial charge on any atom is -0.347 e. The maximum Gasteiger partial charge on any atom is 0.241 e. The lowest BCUT2D eigenvalue weighted by Gasteiger charge is -2.17. The molecule has 0 saturated heterocycles. The van der Waals surface area contributed by atoms with Gasteiger partial charge >= 0.3 is 0 Å². The van der Waals surface area contributed by atoms with E-state index in [2.05, 4.69) is 10.6 Å². The van der Waals surface area contributed by atoms with E-state index >= 15 is 0 Å². The second-order valence-electron chi connectivity index (χ2n) is 4.50. The van der Waals surface area contributed by atoms with E-state index in [1.807, 2.05) is 0 Å². The zero-order chi connectivity index (χ0) is 15.0. The number of likely N-dealkylation sites (N-methyl/N-ethyl adjacent to an activating group) is 2. The van der Waals surface area contributed by atoms with E-state index in [0.29, 0.717) is 18.7 Å². The van der Waals surface area contributed by atoms with Crippen LogP contribution in [0.2, 0.25) is 0 Å². The number of carbonyl (C=O) groups excluding carboxylic acids is 2. The van der Waals surface area contributed by atoms with Crippen LogP contribution in [0.5, 0.6) is 0 Å². The molecule has 0 fully saturated rings. The predicted molar refractivity (Wildman–Crippen MR) is 81.9 cm³/mol. The fourth-order valence-corrected chi connectivity index (χ4v) is 1.61. The minimum atomic E-state index is -0.377. The van der Waals surface area contributed by atoms with E-state index in [1.54, 1.807) is 31.1 Å². The Morgan fingerprint density at radius 1 is 1.33 bits per heavy atom. The molecule has 0 heterocycles. The highest BCUT2D eigenvalue weighted by Gasteiger charge is 2.10. The first-order chi connectivity index (χ1) is 9.52. The van der Waals surface area contributed by atoms with E-state index in [-0.39, 0.29) is 43.0 Å². The molecule has 0 aliphatic carbocycles. The van der Waals surface area contributed by atoms with Crippen molar-refractivity contribution in [2.45, 2.75) is 6.42 Å². The number of halogens is 2. The third-order valence-electron chi connectivity index (χ3n) is 2.81. The Morgan fingerprint density at radius 3 is 2.67 bits per heavy atom. The Bertz CT molecular complexity index is 471. The van der Waals surface area contributed by atoms with E-state index in [1.165, 1.54) is 12.1 Å². The first-order valence-electron chi connectivity index (χ1n) is 6.42. The number of carbonyl (C=O) groups is 2. The van der Waals surface area contributed by atoms with Crippen LogP contribution in [0.1, 0.15) is 5.56 Å². The van der Waals surface area contributed by atoms with Gasteiger partial charge in [-0.3, -0.25) is 9.59 Å². The summed E-state index contributed by atoms with van der Waals surface area (Å²) in [7, 11) is 3.48. The van der Waals surface area contributed by atoms with Crippen molar-refractivity contribution in [3.05, 3.63) is 35.6 Å². The Kier molecular flexibility index (Phi) is 9.32. The van der Waals surface area contributed by atoms with Gasteiger partial charge in [-0.1, -0.05) is 12.1 Å². The summed E-state index contributed by atoms with van der Waals surface area (Å²) in [5.74, 6) is -0.836. The molecule has 0 radical (unpaired) electrons. The first kappa shape index (κ1) is 19.3. The average Bonchev–Trinajstić information content (AvgIpc) is 2.42. The van der Waals surface area contributed by atoms with Gasteiger partial charge in [0.1, 0.15) is 5.82 Å². The van der Waals surface area contributed by atoms with Crippen LogP contribution in [0.4, 0.5) is 4.39 Å². The van der Waals surface area contributed by atoms with Crippen molar-refractivity contribution in [3.63, 3.8) is 0 Å². The number of nitrogens with zero attached hydrogens (tertiary/aromatic N) is 1. The third-order valence-corrected chi connectivity index (χ3v) is 2.81. The molecule has 1 rings (SSSR count). The molecule has 0 saturated carbocycles. The summed E-state index contributed by atoms with van der Waals surface area (Å²) in [4.78, 5) is 24.9. The van der Waals surface area contributed by atoms with Crippen molar-refractivity contribution in [1.82, 2.24) is 15.5 Å². The van der Waals surface area contributed by atoms with Crippen molar-refractivity contribution in [2.75, 3.05) is 33.7 Å². The molecule has 21 heavy (non-hydrogen) atoms. The van der Waals surface area contributed by atoms with Gasteiger partial charge in [0.25, 0.3) is 0 Å². The fourth-order valence-electron chi connectivity index (χ4n) is 1.61. The first-order valence-corrected chi connectivity index (χ1v) is 6.42. The summed E-state index contributed by atoms with van der Waals surface area (Å²) in [5, 5.41) is 5.47. The fraction of sp³-hybridized carbons (Fsp3) is 0.429. The SMILES string of the molecule is CNCCN(C)C(=O)CNC(=O)Cc1cccc(F)c1.Cl. The lowest BCUT2D eigenvalue weighted by atomic mass is 10.1. The molecule has 0 aliphatic heterocycles. The van der Waals surface area contributed by atoms with Crippen LogP contribution >= 0.6 is 12.4 Å². The molecule has 1 aromatic rings. The van der Waals surface area contributed by atoms with Gasteiger partial charge in [0, 0.05) is 20.1 Å². The minimum absolute atomic E-state index is 0. The average molecular weight is 318 g/mol. The van der Waals surface area contributed by atoms with Crippen LogP contribution in [0, 0.1) is 5.82 Å². The molecule has 2 amide bonds. The van der Waals surface area contributed by atoms with Gasteiger partial charge in [-0.25, -0.2) is 4.39 Å². The van der Waals surface area contributed by atoms with E-state index in [0.717, 1.165) is 0 Å². The largest absolute Gasteiger partial charge is 0.347 e. The molecule has 118 valence electrons. The molecule has 0 bridgehead atoms. The zero-order valence-corrected chi connectivity index (χ0v) is 13.0. The highest BCUT2D eigenvalue weighted by molar-refractivity contribution is 5.86. The van der Waals surface area contributed by atoms with Gasteiger partial charge in [0.2, 0.25) is 11.8 Å². The highest BCUT2D eigenvalue weighted by Crippen LogP contribution is 2.03. The number of rotatable bonds is 7. The molecular formula is C14H21ClFN3O2. The summed E-state index contributed by atoms with van der Waals surface area (Å²) in [6, 6.07) is 5.85. The van der Waals surface area contributed by atoms with Gasteiger partial charge in [0.15, 0.2) is 0 Å². The van der Waals surface area contributed by atoms with Crippen molar-refractivity contribution in [3.8, 4) is 0 Å². The van der Waals surface area contributed by atoms with Crippen LogP contribution in [0.3, 0.4) is 0 Å². The lowest BCUT2D eigenvalue weighted by Crippen LogP contribution is -2.40. The van der Waals surface area contributed by atoms with Gasteiger partial charge in [-0.2, -0.15) is 0 Å². The van der Waals surface area contributed by atoms with Crippen molar-refractivity contribution in [2.24, 2.45) is 0 Å². The third kappa shape index (κ3) is 7.63. The second-order valence-corrected chi connectivity index (χ2v) is 4.50. The summed E-state index contributed by atoms with van der Waals surface area (Å²) >= 11 is 0. The molecule has 7 heteroatoms. The number of amides is 2. The normalized spacial score (nSPS) is 9.67. The molecule has 5 nitrogen and oxygen atoms in total. The number of hydrogen-bond acceptors (Lipinski definition) is 3. The van der Waals surface area contributed by atoms with Crippen LogP contribution in [-0.2, 0) is 16.0 Å². The van der Waals surface area contributed by atoms with E-state index < -0.39 is 0 Å². The van der Waals surface area contributed by atoms with Gasteiger partial charge in [-0.15, -0.1) is 12.4 Å². The van der Waals surface area contributed by atoms with Crippen LogP contribution in [0.25, 0.3) is 0 Å². The van der Waals surface area contributed by atoms with Crippen LogP contribution in [-0.4, -0.2) is 50.4 Å². The molecule has 1 aromatic carbocycles. The van der Waals surface area contributed by atoms with Gasteiger partial charge in [-0.05, 0) is 24.7 Å². The summed E-state index contributed by atoms with van der Waals surface area (Å²) in [5.41, 5.74) is 0.582. The summed E-state index contributed by atoms with van der Waals surface area (Å²) in [6.45, 7) is 1.23. The van der Waals surface area contributed by atoms with Crippen molar-refractivity contribution in [1.29, 1.82) is 0 Å². The number of benzene rings is 1. The molecule has 0 spiro atoms. The quantitative estimate of drug-likeness (QED) is 0.773. The maximum atomic E-state index is 13.0. The predicted octanol–water partition coefficient (Wildman–Crippen LogP) is 0.584. The standard InChI is InChI=1S/C14H20FN3O2.ClH/c1-16-6-7-18(2)14(20)10-17-13(19)9-11-4-3-5-12(15)8-11;/h3-5,8,16H,6-7,9-10H2,1-2H3,(H,17,19);1H. The molecular weight excluding hydrogens is 297 g/mol. The van der Waals surface area contributed by atoms with E-state index in [4.69, 9.17) is 0 Å². The highest BCUT2D eigenvalue weighted by atomic mass is 35.5. The van der Waals surface area contributed by atoms with Crippen molar-refractivity contribution >= 4 is 24.2 Å². The molecule has 0 aromatic heterocycles. The Balaban J connectivity index is 0.00000400. The van der Waals surface area contributed by atoms with E-state index in [9.17, 15) is 14.0 Å². The number of hydrogen-bond donors (Lipinski definition) is 2. The Hall–Kier alpha value is -1.66. The second kappa shape index (κ2) is 10.1. The van der Waals surface area contributed by atoms with Crippen LogP contribution in [0.15, 0.2) is 24.3 Å². The summed E-state index contributed by atoms with van der Waals surface area (Å²) < 4.78 is 13.0. The monoisotopic (exact) mass is 317 g/mol. The lowest BCUT2D eigenvalue weighted by molar-refractivity contribution is -0.131. The number of nitrogens with one attached hydrogen (secondary N) is 2. The maximum absolute atomic E-state index is 13.0. The Morgan fingerprint density at radius 2 is 2.05 bits per heavy atom. The van der Waals surface area contributed by atoms with Crippen LogP contribution < -0.4 is 10.6 Å².